The first kappa shape index (κ1) is 29.7. The van der Waals surface area contributed by atoms with Crippen molar-refractivity contribution in [3.05, 3.63) is 111 Å². The Balaban J connectivity index is 1.47. The fourth-order valence-corrected chi connectivity index (χ4v) is 5.70. The molecule has 9 heteroatoms. The number of hydrogen-bond acceptors (Lipinski definition) is 5. The molecular weight excluding hydrogens is 587 g/mol. The Bertz CT molecular complexity index is 1610. The van der Waals surface area contributed by atoms with E-state index in [0.717, 1.165) is 34.5 Å². The summed E-state index contributed by atoms with van der Waals surface area (Å²) in [5.41, 5.74) is 7.05. The topological polar surface area (TPSA) is 49.3 Å². The van der Waals surface area contributed by atoms with Crippen molar-refractivity contribution in [1.82, 2.24) is 4.90 Å². The molecule has 0 aliphatic carbocycles. The summed E-state index contributed by atoms with van der Waals surface area (Å²) in [6.07, 6.45) is 2.66. The fraction of sp³-hybridized carbons (Fsp3) is 0.212. The lowest BCUT2D eigenvalue weighted by molar-refractivity contribution is 0.330. The predicted molar refractivity (Wildman–Crippen MR) is 179 cm³/mol. The molecule has 0 spiro atoms. The van der Waals surface area contributed by atoms with E-state index in [1.54, 1.807) is 32.4 Å². The minimum atomic E-state index is -0.178. The maximum absolute atomic E-state index is 6.45. The maximum Gasteiger partial charge on any atom is 0.174 e. The summed E-state index contributed by atoms with van der Waals surface area (Å²) in [5.74, 6) is 1.37. The van der Waals surface area contributed by atoms with Gasteiger partial charge in [-0.05, 0) is 95.5 Å². The summed E-state index contributed by atoms with van der Waals surface area (Å²) in [6, 6.07) is 25.7. The largest absolute Gasteiger partial charge is 0.493 e. The molecule has 0 saturated carbocycles. The van der Waals surface area contributed by atoms with E-state index in [0.29, 0.717) is 38.9 Å². The molecule has 0 aromatic heterocycles. The average molecular weight is 620 g/mol. The number of thiocarbonyl (C=S) groups is 1. The minimum absolute atomic E-state index is 0.178. The molecule has 1 N–H and O–H groups in total. The van der Waals surface area contributed by atoms with Gasteiger partial charge in [-0.1, -0.05) is 47.5 Å². The van der Waals surface area contributed by atoms with Gasteiger partial charge in [-0.2, -0.15) is 0 Å². The van der Waals surface area contributed by atoms with Crippen LogP contribution < -0.4 is 19.7 Å². The van der Waals surface area contributed by atoms with Gasteiger partial charge >= 0.3 is 0 Å². The molecule has 1 aliphatic heterocycles. The van der Waals surface area contributed by atoms with Crippen molar-refractivity contribution in [2.24, 2.45) is 4.99 Å². The molecule has 42 heavy (non-hydrogen) atoms. The van der Waals surface area contributed by atoms with Crippen LogP contribution in [0, 0.1) is 0 Å². The van der Waals surface area contributed by atoms with E-state index < -0.39 is 0 Å². The highest BCUT2D eigenvalue weighted by Crippen LogP contribution is 2.42. The highest BCUT2D eigenvalue weighted by molar-refractivity contribution is 7.80. The molecule has 0 amide bonds. The van der Waals surface area contributed by atoms with E-state index in [9.17, 15) is 0 Å². The number of methoxy groups -OCH3 is 2. The van der Waals surface area contributed by atoms with Gasteiger partial charge in [0, 0.05) is 37.6 Å². The molecule has 0 radical (unpaired) electrons. The van der Waals surface area contributed by atoms with Crippen molar-refractivity contribution < 1.29 is 9.47 Å². The van der Waals surface area contributed by atoms with Crippen molar-refractivity contribution in [2.45, 2.75) is 12.5 Å². The van der Waals surface area contributed by atoms with Crippen molar-refractivity contribution >= 4 is 63.8 Å². The third-order valence-electron chi connectivity index (χ3n) is 7.29. The van der Waals surface area contributed by atoms with E-state index >= 15 is 0 Å². The van der Waals surface area contributed by atoms with Crippen LogP contribution in [-0.4, -0.2) is 51.1 Å². The average Bonchev–Trinajstić information content (AvgIpc) is 3.00. The molecule has 1 atom stereocenters. The quantitative estimate of drug-likeness (QED) is 0.166. The smallest absolute Gasteiger partial charge is 0.174 e. The predicted octanol–water partition coefficient (Wildman–Crippen LogP) is 8.17. The Kier molecular flexibility index (Phi) is 9.21. The van der Waals surface area contributed by atoms with E-state index in [-0.39, 0.29) is 6.04 Å². The SMILES string of the molecule is COc1cc2c(cc1OC)[C@@H](c1ccc(N=Cc3ccc(N(C)C)cc3)cc1)N(C(=S)Nc1cc(Cl)ccc1Cl)CC2. The molecule has 6 nitrogen and oxygen atoms in total. The van der Waals surface area contributed by atoms with E-state index in [1.807, 2.05) is 38.5 Å². The number of fused-ring (bicyclic) bond motifs is 1. The number of hydrogen-bond donors (Lipinski definition) is 1. The number of halogens is 2. The van der Waals surface area contributed by atoms with Crippen LogP contribution in [0.5, 0.6) is 11.5 Å². The summed E-state index contributed by atoms with van der Waals surface area (Å²) in [4.78, 5) is 8.95. The summed E-state index contributed by atoms with van der Waals surface area (Å²) in [6.45, 7) is 0.694. The van der Waals surface area contributed by atoms with Crippen LogP contribution in [0.3, 0.4) is 0 Å². The fourth-order valence-electron chi connectivity index (χ4n) is 5.05. The van der Waals surface area contributed by atoms with Crippen LogP contribution in [0.2, 0.25) is 10.0 Å². The third kappa shape index (κ3) is 6.49. The van der Waals surface area contributed by atoms with Gasteiger partial charge in [-0.3, -0.25) is 4.99 Å². The van der Waals surface area contributed by atoms with Gasteiger partial charge in [0.05, 0.1) is 36.7 Å². The summed E-state index contributed by atoms with van der Waals surface area (Å²) < 4.78 is 11.3. The lowest BCUT2D eigenvalue weighted by Gasteiger charge is -2.40. The number of ether oxygens (including phenoxy) is 2. The zero-order valence-electron chi connectivity index (χ0n) is 23.9. The molecule has 1 aliphatic rings. The second kappa shape index (κ2) is 13.0. The van der Waals surface area contributed by atoms with Crippen LogP contribution >= 0.6 is 35.4 Å². The number of rotatable bonds is 7. The van der Waals surface area contributed by atoms with Crippen LogP contribution in [0.4, 0.5) is 17.1 Å². The number of benzene rings is 4. The van der Waals surface area contributed by atoms with Crippen LogP contribution in [0.1, 0.15) is 28.3 Å². The van der Waals surface area contributed by atoms with E-state index in [1.165, 1.54) is 5.56 Å². The molecule has 0 saturated heterocycles. The molecule has 1 heterocycles. The number of nitrogens with one attached hydrogen (secondary N) is 1. The lowest BCUT2D eigenvalue weighted by Crippen LogP contribution is -2.42. The standard InChI is InChI=1S/C33H32Cl2N4O2S/c1-38(2)26-12-5-21(6-13-26)20-36-25-10-7-22(8-11-25)32-27-19-31(41-4)30(40-3)17-23(27)15-16-39(32)33(42)37-29-18-24(34)9-14-28(29)35/h5-14,17-20,32H,15-16H2,1-4H3,(H,37,42)/t32-/m1/s1. The summed E-state index contributed by atoms with van der Waals surface area (Å²) >= 11 is 18.7. The second-order valence-electron chi connectivity index (χ2n) is 10.1. The van der Waals surface area contributed by atoms with Crippen LogP contribution in [0.25, 0.3) is 0 Å². The van der Waals surface area contributed by atoms with Crippen molar-refractivity contribution in [1.29, 1.82) is 0 Å². The third-order valence-corrected chi connectivity index (χ3v) is 8.19. The molecular formula is C33H32Cl2N4O2S. The molecule has 0 fully saturated rings. The Morgan fingerprint density at radius 3 is 2.31 bits per heavy atom. The first-order valence-electron chi connectivity index (χ1n) is 13.5. The first-order chi connectivity index (χ1) is 20.3. The number of anilines is 2. The van der Waals surface area contributed by atoms with Crippen LogP contribution in [-0.2, 0) is 6.42 Å². The Morgan fingerprint density at radius 1 is 0.952 bits per heavy atom. The normalized spacial score (nSPS) is 14.4. The minimum Gasteiger partial charge on any atom is -0.493 e. The zero-order chi connectivity index (χ0) is 29.8. The number of nitrogens with zero attached hydrogens (tertiary/aromatic N) is 3. The summed E-state index contributed by atoms with van der Waals surface area (Å²) in [5, 5.41) is 4.99. The second-order valence-corrected chi connectivity index (χ2v) is 11.4. The van der Waals surface area contributed by atoms with Gasteiger partial charge in [0.25, 0.3) is 0 Å². The van der Waals surface area contributed by atoms with Gasteiger partial charge < -0.3 is 24.6 Å². The Morgan fingerprint density at radius 2 is 1.64 bits per heavy atom. The molecule has 4 aromatic rings. The maximum atomic E-state index is 6.45. The van der Waals surface area contributed by atoms with Gasteiger partial charge in [-0.25, -0.2) is 0 Å². The molecule has 0 bridgehead atoms. The summed E-state index contributed by atoms with van der Waals surface area (Å²) in [7, 11) is 7.35. The first-order valence-corrected chi connectivity index (χ1v) is 14.6. The van der Waals surface area contributed by atoms with Crippen LogP contribution in [0.15, 0.2) is 83.9 Å². The molecule has 4 aromatic carbocycles. The molecule has 5 rings (SSSR count). The zero-order valence-corrected chi connectivity index (χ0v) is 26.2. The number of aliphatic imine (C=N–C) groups is 1. The lowest BCUT2D eigenvalue weighted by atomic mass is 9.87. The van der Waals surface area contributed by atoms with E-state index in [2.05, 4.69) is 57.6 Å². The molecule has 0 unspecified atom stereocenters. The van der Waals surface area contributed by atoms with Gasteiger partial charge in [0.1, 0.15) is 0 Å². The van der Waals surface area contributed by atoms with Crippen molar-refractivity contribution in [3.63, 3.8) is 0 Å². The van der Waals surface area contributed by atoms with Gasteiger partial charge in [0.2, 0.25) is 0 Å². The molecule has 216 valence electrons. The van der Waals surface area contributed by atoms with Gasteiger partial charge in [0.15, 0.2) is 16.6 Å². The Hall–Kier alpha value is -3.78. The Labute approximate surface area is 262 Å². The highest BCUT2D eigenvalue weighted by Gasteiger charge is 2.32. The monoisotopic (exact) mass is 618 g/mol. The van der Waals surface area contributed by atoms with Gasteiger partial charge in [-0.15, -0.1) is 0 Å². The van der Waals surface area contributed by atoms with Crippen molar-refractivity contribution in [2.75, 3.05) is 45.1 Å². The highest BCUT2D eigenvalue weighted by atomic mass is 35.5. The van der Waals surface area contributed by atoms with E-state index in [4.69, 9.17) is 49.9 Å². The van der Waals surface area contributed by atoms with Crippen molar-refractivity contribution in [3.8, 4) is 11.5 Å².